The van der Waals surface area contributed by atoms with Crippen LogP contribution in [0.5, 0.6) is 0 Å². The average Bonchev–Trinajstić information content (AvgIpc) is 2.40. The summed E-state index contributed by atoms with van der Waals surface area (Å²) in [6, 6.07) is 4.58. The van der Waals surface area contributed by atoms with Gasteiger partial charge in [-0.25, -0.2) is 4.98 Å². The Morgan fingerprint density at radius 3 is 2.67 bits per heavy atom. The molecule has 4 nitrogen and oxygen atoms in total. The van der Waals surface area contributed by atoms with Crippen LogP contribution in [0.4, 0.5) is 5.82 Å². The first-order chi connectivity index (χ1) is 8.72. The van der Waals surface area contributed by atoms with E-state index < -0.39 is 0 Å². The van der Waals surface area contributed by atoms with Gasteiger partial charge in [-0.2, -0.15) is 0 Å². The van der Waals surface area contributed by atoms with Crippen molar-refractivity contribution in [1.29, 1.82) is 0 Å². The van der Waals surface area contributed by atoms with Gasteiger partial charge in [0.2, 0.25) is 0 Å². The smallest absolute Gasteiger partial charge is 0.128 e. The number of hydrogen-bond acceptors (Lipinski definition) is 4. The van der Waals surface area contributed by atoms with E-state index in [-0.39, 0.29) is 0 Å². The maximum absolute atomic E-state index is 5.11. The molecular weight excluding hydrogens is 226 g/mol. The number of ether oxygens (including phenoxy) is 1. The highest BCUT2D eigenvalue weighted by atomic mass is 16.5. The minimum atomic E-state index is 0.352. The van der Waals surface area contributed by atoms with Gasteiger partial charge in [0.25, 0.3) is 0 Å². The molecule has 0 fully saturated rings. The molecule has 1 aromatic heterocycles. The van der Waals surface area contributed by atoms with Crippen LogP contribution >= 0.6 is 0 Å². The van der Waals surface area contributed by atoms with Crippen LogP contribution < -0.4 is 10.2 Å². The van der Waals surface area contributed by atoms with E-state index in [4.69, 9.17) is 4.74 Å². The quantitative estimate of drug-likeness (QED) is 0.769. The Hall–Kier alpha value is -1.13. The van der Waals surface area contributed by atoms with Crippen LogP contribution in [0.25, 0.3) is 0 Å². The van der Waals surface area contributed by atoms with E-state index in [1.165, 1.54) is 5.56 Å². The molecule has 1 aromatic rings. The molecule has 1 heterocycles. The fourth-order valence-electron chi connectivity index (χ4n) is 1.90. The van der Waals surface area contributed by atoms with Crippen LogP contribution in [0, 0.1) is 0 Å². The molecule has 0 aliphatic rings. The lowest BCUT2D eigenvalue weighted by atomic mass is 10.1. The molecule has 102 valence electrons. The van der Waals surface area contributed by atoms with Gasteiger partial charge in [0.05, 0.1) is 6.61 Å². The fraction of sp³-hybridized carbons (Fsp3) is 0.643. The second-order valence-corrected chi connectivity index (χ2v) is 4.30. The maximum atomic E-state index is 5.11. The van der Waals surface area contributed by atoms with Crippen LogP contribution in [0.15, 0.2) is 18.3 Å². The molecule has 1 rings (SSSR count). The van der Waals surface area contributed by atoms with Crippen LogP contribution in [-0.2, 0) is 4.74 Å². The van der Waals surface area contributed by atoms with Gasteiger partial charge in [0, 0.05) is 32.4 Å². The second kappa shape index (κ2) is 8.06. The van der Waals surface area contributed by atoms with E-state index in [1.807, 2.05) is 6.20 Å². The average molecular weight is 251 g/mol. The fourth-order valence-corrected chi connectivity index (χ4v) is 1.90. The highest BCUT2D eigenvalue weighted by Crippen LogP contribution is 2.15. The molecule has 1 N–H and O–H groups in total. The van der Waals surface area contributed by atoms with E-state index in [2.05, 4.69) is 48.1 Å². The Bertz CT molecular complexity index is 326. The van der Waals surface area contributed by atoms with Crippen molar-refractivity contribution in [1.82, 2.24) is 10.3 Å². The minimum Gasteiger partial charge on any atom is -0.383 e. The summed E-state index contributed by atoms with van der Waals surface area (Å²) in [7, 11) is 1.72. The van der Waals surface area contributed by atoms with Crippen molar-refractivity contribution in [2.24, 2.45) is 0 Å². The molecule has 0 aromatic carbocycles. The third kappa shape index (κ3) is 4.27. The van der Waals surface area contributed by atoms with Gasteiger partial charge in [-0.3, -0.25) is 0 Å². The zero-order chi connectivity index (χ0) is 13.4. The summed E-state index contributed by atoms with van der Waals surface area (Å²) in [6.07, 6.45) is 1.96. The zero-order valence-electron chi connectivity index (χ0n) is 11.9. The molecule has 0 amide bonds. The van der Waals surface area contributed by atoms with Crippen molar-refractivity contribution < 1.29 is 4.74 Å². The SMILES string of the molecule is CCNC(C)c1ccc(N(CC)CCOC)nc1. The van der Waals surface area contributed by atoms with Gasteiger partial charge in [0.15, 0.2) is 0 Å². The van der Waals surface area contributed by atoms with Crippen molar-refractivity contribution in [2.45, 2.75) is 26.8 Å². The number of anilines is 1. The van der Waals surface area contributed by atoms with Crippen molar-refractivity contribution in [3.05, 3.63) is 23.9 Å². The van der Waals surface area contributed by atoms with Gasteiger partial charge >= 0.3 is 0 Å². The summed E-state index contributed by atoms with van der Waals surface area (Å²) in [5, 5.41) is 3.39. The van der Waals surface area contributed by atoms with Crippen LogP contribution in [0.1, 0.15) is 32.4 Å². The summed E-state index contributed by atoms with van der Waals surface area (Å²) < 4.78 is 5.11. The number of rotatable bonds is 8. The highest BCUT2D eigenvalue weighted by Gasteiger charge is 2.07. The maximum Gasteiger partial charge on any atom is 0.128 e. The number of aromatic nitrogens is 1. The Balaban J connectivity index is 2.68. The van der Waals surface area contributed by atoms with E-state index in [0.29, 0.717) is 6.04 Å². The molecule has 0 aliphatic carbocycles. The van der Waals surface area contributed by atoms with Crippen LogP contribution in [-0.4, -0.2) is 38.3 Å². The lowest BCUT2D eigenvalue weighted by Gasteiger charge is -2.22. The minimum absolute atomic E-state index is 0.352. The molecule has 0 radical (unpaired) electrons. The molecule has 0 saturated carbocycles. The lowest BCUT2D eigenvalue weighted by molar-refractivity contribution is 0.205. The lowest BCUT2D eigenvalue weighted by Crippen LogP contribution is -2.27. The van der Waals surface area contributed by atoms with Gasteiger partial charge in [-0.1, -0.05) is 13.0 Å². The van der Waals surface area contributed by atoms with Crippen molar-refractivity contribution in [3.8, 4) is 0 Å². The number of hydrogen-bond donors (Lipinski definition) is 1. The molecule has 0 aliphatic heterocycles. The van der Waals surface area contributed by atoms with Crippen molar-refractivity contribution in [2.75, 3.05) is 38.3 Å². The normalized spacial score (nSPS) is 12.4. The first-order valence-corrected chi connectivity index (χ1v) is 6.66. The van der Waals surface area contributed by atoms with Gasteiger partial charge in [-0.05, 0) is 32.0 Å². The number of nitrogens with one attached hydrogen (secondary N) is 1. The third-order valence-electron chi connectivity index (χ3n) is 3.05. The Labute approximate surface area is 110 Å². The monoisotopic (exact) mass is 251 g/mol. The summed E-state index contributed by atoms with van der Waals surface area (Å²) in [6.45, 7) is 9.92. The predicted octanol–water partition coefficient (Wildman–Crippen LogP) is 2.22. The molecule has 4 heteroatoms. The van der Waals surface area contributed by atoms with Crippen molar-refractivity contribution >= 4 is 5.82 Å². The van der Waals surface area contributed by atoms with Gasteiger partial charge < -0.3 is 15.0 Å². The summed E-state index contributed by atoms with van der Waals surface area (Å²) in [4.78, 5) is 6.75. The molecular formula is C14H25N3O. The Morgan fingerprint density at radius 1 is 1.39 bits per heavy atom. The van der Waals surface area contributed by atoms with Crippen LogP contribution in [0.2, 0.25) is 0 Å². The highest BCUT2D eigenvalue weighted by molar-refractivity contribution is 5.39. The number of likely N-dealkylation sites (N-methyl/N-ethyl adjacent to an activating group) is 1. The van der Waals surface area contributed by atoms with Crippen molar-refractivity contribution in [3.63, 3.8) is 0 Å². The summed E-state index contributed by atoms with van der Waals surface area (Å²) in [5.74, 6) is 1.02. The van der Waals surface area contributed by atoms with E-state index in [1.54, 1.807) is 7.11 Å². The van der Waals surface area contributed by atoms with E-state index >= 15 is 0 Å². The third-order valence-corrected chi connectivity index (χ3v) is 3.05. The molecule has 0 saturated heterocycles. The molecule has 1 atom stereocenters. The first kappa shape index (κ1) is 14.9. The predicted molar refractivity (Wildman–Crippen MR) is 76.1 cm³/mol. The largest absolute Gasteiger partial charge is 0.383 e. The van der Waals surface area contributed by atoms with Gasteiger partial charge in [0.1, 0.15) is 5.82 Å². The van der Waals surface area contributed by atoms with Crippen LogP contribution in [0.3, 0.4) is 0 Å². The molecule has 18 heavy (non-hydrogen) atoms. The summed E-state index contributed by atoms with van der Waals surface area (Å²) >= 11 is 0. The standard InChI is InChI=1S/C14H25N3O/c1-5-15-12(3)13-7-8-14(16-11-13)17(6-2)9-10-18-4/h7-8,11-12,15H,5-6,9-10H2,1-4H3. The van der Waals surface area contributed by atoms with E-state index in [9.17, 15) is 0 Å². The number of pyridine rings is 1. The van der Waals surface area contributed by atoms with Gasteiger partial charge in [-0.15, -0.1) is 0 Å². The first-order valence-electron chi connectivity index (χ1n) is 6.66. The Kier molecular flexibility index (Phi) is 6.68. The number of nitrogens with zero attached hydrogens (tertiary/aromatic N) is 2. The molecule has 1 unspecified atom stereocenters. The Morgan fingerprint density at radius 2 is 2.17 bits per heavy atom. The summed E-state index contributed by atoms with van der Waals surface area (Å²) in [5.41, 5.74) is 1.23. The topological polar surface area (TPSA) is 37.4 Å². The molecule has 0 bridgehead atoms. The molecule has 0 spiro atoms. The van der Waals surface area contributed by atoms with E-state index in [0.717, 1.165) is 32.1 Å². The second-order valence-electron chi connectivity index (χ2n) is 4.30. The zero-order valence-corrected chi connectivity index (χ0v) is 11.9. The number of methoxy groups -OCH3 is 1.